The summed E-state index contributed by atoms with van der Waals surface area (Å²) in [4.78, 5) is 0. The molecule has 112 valence electrons. The first-order valence-corrected chi connectivity index (χ1v) is 6.99. The van der Waals surface area contributed by atoms with Gasteiger partial charge in [-0.3, -0.25) is 0 Å². The lowest BCUT2D eigenvalue weighted by molar-refractivity contribution is -0.274. The second-order valence-corrected chi connectivity index (χ2v) is 5.49. The summed E-state index contributed by atoms with van der Waals surface area (Å²) in [5.41, 5.74) is 0.803. The van der Waals surface area contributed by atoms with Gasteiger partial charge in [-0.2, -0.15) is 0 Å². The number of hydrogen-bond donors (Lipinski definition) is 1. The molecule has 1 aromatic carbocycles. The molecule has 5 heteroatoms. The number of benzene rings is 1. The Morgan fingerprint density at radius 2 is 2.10 bits per heavy atom. The van der Waals surface area contributed by atoms with Crippen molar-refractivity contribution in [1.82, 2.24) is 5.32 Å². The van der Waals surface area contributed by atoms with Gasteiger partial charge in [-0.1, -0.05) is 31.9 Å². The first-order chi connectivity index (χ1) is 9.44. The summed E-state index contributed by atoms with van der Waals surface area (Å²) < 4.78 is 40.3. The van der Waals surface area contributed by atoms with Gasteiger partial charge in [-0.25, -0.2) is 0 Å². The second kappa shape index (κ2) is 6.48. The molecule has 1 aliphatic carbocycles. The van der Waals surface area contributed by atoms with Crippen LogP contribution in [0.25, 0.3) is 0 Å². The van der Waals surface area contributed by atoms with E-state index in [9.17, 15) is 13.2 Å². The van der Waals surface area contributed by atoms with Crippen LogP contribution < -0.4 is 10.1 Å². The monoisotopic (exact) mass is 287 g/mol. The quantitative estimate of drug-likeness (QED) is 0.880. The fraction of sp³-hybridized carbons (Fsp3) is 0.600. The smallest absolute Gasteiger partial charge is 0.406 e. The van der Waals surface area contributed by atoms with Crippen molar-refractivity contribution in [3.8, 4) is 5.75 Å². The maximum atomic E-state index is 12.1. The minimum atomic E-state index is -4.63. The van der Waals surface area contributed by atoms with Gasteiger partial charge in [0, 0.05) is 6.54 Å². The summed E-state index contributed by atoms with van der Waals surface area (Å²) in [5, 5.41) is 3.33. The molecule has 0 bridgehead atoms. The Morgan fingerprint density at radius 1 is 1.30 bits per heavy atom. The van der Waals surface area contributed by atoms with E-state index in [0.29, 0.717) is 12.5 Å². The van der Waals surface area contributed by atoms with E-state index in [4.69, 9.17) is 0 Å². The van der Waals surface area contributed by atoms with Gasteiger partial charge in [0.2, 0.25) is 0 Å². The lowest BCUT2D eigenvalue weighted by Crippen LogP contribution is -2.24. The highest BCUT2D eigenvalue weighted by molar-refractivity contribution is 5.28. The third-order valence-corrected chi connectivity index (χ3v) is 3.91. The fourth-order valence-corrected chi connectivity index (χ4v) is 2.78. The van der Waals surface area contributed by atoms with Crippen molar-refractivity contribution in [2.45, 2.75) is 39.1 Å². The maximum Gasteiger partial charge on any atom is 0.573 e. The largest absolute Gasteiger partial charge is 0.573 e. The van der Waals surface area contributed by atoms with Crippen molar-refractivity contribution in [3.63, 3.8) is 0 Å². The van der Waals surface area contributed by atoms with E-state index >= 15 is 0 Å². The van der Waals surface area contributed by atoms with Gasteiger partial charge < -0.3 is 10.1 Å². The molecule has 2 rings (SSSR count). The van der Waals surface area contributed by atoms with Gasteiger partial charge in [-0.05, 0) is 42.5 Å². The highest BCUT2D eigenvalue weighted by Crippen LogP contribution is 2.30. The molecule has 2 nitrogen and oxygen atoms in total. The summed E-state index contributed by atoms with van der Waals surface area (Å²) in [6, 6.07) is 6.12. The number of halogens is 3. The van der Waals surface area contributed by atoms with Crippen molar-refractivity contribution >= 4 is 0 Å². The van der Waals surface area contributed by atoms with E-state index in [0.717, 1.165) is 18.0 Å². The summed E-state index contributed by atoms with van der Waals surface area (Å²) in [7, 11) is 0. The molecule has 0 heterocycles. The fourth-order valence-electron chi connectivity index (χ4n) is 2.78. The van der Waals surface area contributed by atoms with E-state index in [2.05, 4.69) is 17.0 Å². The van der Waals surface area contributed by atoms with E-state index in [-0.39, 0.29) is 5.75 Å². The number of alkyl halides is 3. The number of rotatable bonds is 5. The topological polar surface area (TPSA) is 21.3 Å². The lowest BCUT2D eigenvalue weighted by Gasteiger charge is -2.16. The Hall–Kier alpha value is -1.23. The SMILES string of the molecule is CC1CCCC1CNCc1cccc(OC(F)(F)F)c1. The number of ether oxygens (including phenoxy) is 1. The minimum absolute atomic E-state index is 0.161. The molecule has 1 saturated carbocycles. The Labute approximate surface area is 117 Å². The van der Waals surface area contributed by atoms with Crippen LogP contribution in [0, 0.1) is 11.8 Å². The first-order valence-electron chi connectivity index (χ1n) is 6.99. The zero-order valence-corrected chi connectivity index (χ0v) is 11.5. The Bertz CT molecular complexity index is 433. The van der Waals surface area contributed by atoms with Crippen molar-refractivity contribution in [2.24, 2.45) is 11.8 Å². The standard InChI is InChI=1S/C15H20F3NO/c1-11-4-2-6-13(11)10-19-9-12-5-3-7-14(8-12)20-15(16,17)18/h3,5,7-8,11,13,19H,2,4,6,9-10H2,1H3. The van der Waals surface area contributed by atoms with Crippen LogP contribution in [0.2, 0.25) is 0 Å². The predicted molar refractivity (Wildman–Crippen MR) is 71.3 cm³/mol. The van der Waals surface area contributed by atoms with Gasteiger partial charge in [0.1, 0.15) is 5.75 Å². The zero-order valence-electron chi connectivity index (χ0n) is 11.5. The van der Waals surface area contributed by atoms with Crippen LogP contribution in [0.5, 0.6) is 5.75 Å². The highest BCUT2D eigenvalue weighted by atomic mass is 19.4. The molecule has 1 N–H and O–H groups in total. The molecule has 1 aromatic rings. The van der Waals surface area contributed by atoms with Gasteiger partial charge in [0.05, 0.1) is 0 Å². The van der Waals surface area contributed by atoms with E-state index in [1.54, 1.807) is 12.1 Å². The molecule has 2 atom stereocenters. The van der Waals surface area contributed by atoms with E-state index in [1.807, 2.05) is 0 Å². The van der Waals surface area contributed by atoms with Crippen LogP contribution >= 0.6 is 0 Å². The average Bonchev–Trinajstić information content (AvgIpc) is 2.73. The van der Waals surface area contributed by atoms with Crippen LogP contribution in [0.15, 0.2) is 24.3 Å². The van der Waals surface area contributed by atoms with Crippen molar-refractivity contribution < 1.29 is 17.9 Å². The molecule has 2 unspecified atom stereocenters. The number of nitrogens with one attached hydrogen (secondary N) is 1. The van der Waals surface area contributed by atoms with E-state index < -0.39 is 6.36 Å². The predicted octanol–water partition coefficient (Wildman–Crippen LogP) is 4.11. The molecule has 0 aliphatic heterocycles. The van der Waals surface area contributed by atoms with Gasteiger partial charge >= 0.3 is 6.36 Å². The van der Waals surface area contributed by atoms with Crippen LogP contribution in [-0.2, 0) is 6.54 Å². The van der Waals surface area contributed by atoms with Gasteiger partial charge in [-0.15, -0.1) is 13.2 Å². The molecular formula is C15H20F3NO. The molecule has 0 amide bonds. The second-order valence-electron chi connectivity index (χ2n) is 5.49. The molecule has 0 spiro atoms. The van der Waals surface area contributed by atoms with Crippen LogP contribution in [0.4, 0.5) is 13.2 Å². The molecular weight excluding hydrogens is 267 g/mol. The molecule has 1 aliphatic rings. The molecule has 1 fully saturated rings. The molecule has 0 radical (unpaired) electrons. The van der Waals surface area contributed by atoms with Crippen molar-refractivity contribution in [2.75, 3.05) is 6.54 Å². The maximum absolute atomic E-state index is 12.1. The summed E-state index contributed by atoms with van der Waals surface area (Å²) in [6.45, 7) is 3.75. The van der Waals surface area contributed by atoms with Crippen LogP contribution in [0.3, 0.4) is 0 Å². The number of hydrogen-bond acceptors (Lipinski definition) is 2. The third-order valence-electron chi connectivity index (χ3n) is 3.91. The summed E-state index contributed by atoms with van der Waals surface area (Å²) in [6.07, 6.45) is -0.833. The van der Waals surface area contributed by atoms with Crippen LogP contribution in [0.1, 0.15) is 31.7 Å². The van der Waals surface area contributed by atoms with Gasteiger partial charge in [0.25, 0.3) is 0 Å². The van der Waals surface area contributed by atoms with Crippen LogP contribution in [-0.4, -0.2) is 12.9 Å². The third kappa shape index (κ3) is 4.71. The Balaban J connectivity index is 1.82. The molecule has 0 saturated heterocycles. The van der Waals surface area contributed by atoms with E-state index in [1.165, 1.54) is 31.4 Å². The molecule has 20 heavy (non-hydrogen) atoms. The summed E-state index contributed by atoms with van der Waals surface area (Å²) >= 11 is 0. The van der Waals surface area contributed by atoms with Gasteiger partial charge in [0.15, 0.2) is 0 Å². The zero-order chi connectivity index (χ0) is 14.6. The average molecular weight is 287 g/mol. The minimum Gasteiger partial charge on any atom is -0.406 e. The molecule has 0 aromatic heterocycles. The normalized spacial score (nSPS) is 23.0. The highest BCUT2D eigenvalue weighted by Gasteiger charge is 2.31. The lowest BCUT2D eigenvalue weighted by atomic mass is 9.98. The van der Waals surface area contributed by atoms with Crippen molar-refractivity contribution in [1.29, 1.82) is 0 Å². The Morgan fingerprint density at radius 3 is 2.75 bits per heavy atom. The summed E-state index contributed by atoms with van der Waals surface area (Å²) in [5.74, 6) is 1.26. The van der Waals surface area contributed by atoms with Crippen molar-refractivity contribution in [3.05, 3.63) is 29.8 Å². The first kappa shape index (κ1) is 15.2. The Kier molecular flexibility index (Phi) is 4.91.